The van der Waals surface area contributed by atoms with Gasteiger partial charge < -0.3 is 10.1 Å². The Morgan fingerprint density at radius 1 is 1.50 bits per heavy atom. The molecule has 1 saturated carbocycles. The summed E-state index contributed by atoms with van der Waals surface area (Å²) in [5.74, 6) is 0.160. The van der Waals surface area contributed by atoms with Crippen molar-refractivity contribution in [2.75, 3.05) is 6.54 Å². The molecule has 0 aliphatic heterocycles. The number of aliphatic hydroxyl groups excluding tert-OH is 1. The molecule has 1 fully saturated rings. The van der Waals surface area contributed by atoms with Crippen molar-refractivity contribution in [2.24, 2.45) is 5.92 Å². The largest absolute Gasteiger partial charge is 0.393 e. The Kier molecular flexibility index (Phi) is 3.76. The minimum absolute atomic E-state index is 0.0769. The highest BCUT2D eigenvalue weighted by Gasteiger charge is 2.28. The Morgan fingerprint density at radius 2 is 2.17 bits per heavy atom. The fourth-order valence-corrected chi connectivity index (χ4v) is 3.12. The quantitative estimate of drug-likeness (QED) is 0.731. The summed E-state index contributed by atoms with van der Waals surface area (Å²) in [5.41, 5.74) is -0.530. The lowest BCUT2D eigenvalue weighted by atomic mass is 9.83. The first-order chi connectivity index (χ1) is 8.38. The van der Waals surface area contributed by atoms with Crippen LogP contribution in [-0.4, -0.2) is 31.2 Å². The number of sulfonamides is 1. The zero-order valence-corrected chi connectivity index (χ0v) is 11.0. The molecule has 2 rings (SSSR count). The summed E-state index contributed by atoms with van der Waals surface area (Å²) in [7, 11) is -3.67. The normalized spacial score (nSPS) is 23.7. The van der Waals surface area contributed by atoms with Crippen molar-refractivity contribution in [3.63, 3.8) is 0 Å². The molecule has 0 unspecified atom stereocenters. The van der Waals surface area contributed by atoms with Crippen LogP contribution in [-0.2, 0) is 10.0 Å². The molecule has 1 aliphatic rings. The summed E-state index contributed by atoms with van der Waals surface area (Å²) in [6.07, 6.45) is 2.00. The van der Waals surface area contributed by atoms with Gasteiger partial charge in [0.1, 0.15) is 5.02 Å². The van der Waals surface area contributed by atoms with Crippen LogP contribution >= 0.6 is 11.6 Å². The van der Waals surface area contributed by atoms with Crippen LogP contribution in [0.25, 0.3) is 0 Å². The van der Waals surface area contributed by atoms with E-state index in [9.17, 15) is 13.2 Å². The van der Waals surface area contributed by atoms with Crippen molar-refractivity contribution < 1.29 is 13.5 Å². The number of aromatic amines is 1. The molecule has 0 atom stereocenters. The molecule has 0 bridgehead atoms. The molecule has 0 saturated heterocycles. The van der Waals surface area contributed by atoms with E-state index in [4.69, 9.17) is 16.7 Å². The third kappa shape index (κ3) is 2.92. The summed E-state index contributed by atoms with van der Waals surface area (Å²) in [6.45, 7) is 0.274. The summed E-state index contributed by atoms with van der Waals surface area (Å²) in [6, 6.07) is 1.11. The summed E-state index contributed by atoms with van der Waals surface area (Å²) >= 11 is 5.57. The van der Waals surface area contributed by atoms with Crippen LogP contribution in [0.5, 0.6) is 0 Å². The maximum Gasteiger partial charge on any atom is 0.266 e. The highest BCUT2D eigenvalue weighted by atomic mass is 35.5. The number of hydrogen-bond donors (Lipinski definition) is 3. The molecule has 1 aliphatic carbocycles. The predicted molar refractivity (Wildman–Crippen MR) is 66.0 cm³/mol. The maximum absolute atomic E-state index is 11.9. The molecule has 0 spiro atoms. The second-order valence-electron chi connectivity index (χ2n) is 4.36. The maximum atomic E-state index is 11.9. The zero-order valence-electron chi connectivity index (χ0n) is 9.39. The minimum Gasteiger partial charge on any atom is -0.393 e. The second kappa shape index (κ2) is 5.00. The number of hydrogen-bond acceptors (Lipinski definition) is 4. The lowest BCUT2D eigenvalue weighted by Crippen LogP contribution is -2.38. The van der Waals surface area contributed by atoms with E-state index in [2.05, 4.69) is 9.71 Å². The van der Waals surface area contributed by atoms with Crippen LogP contribution in [0.4, 0.5) is 0 Å². The van der Waals surface area contributed by atoms with E-state index in [1.807, 2.05) is 0 Å². The average Bonchev–Trinajstić information content (AvgIpc) is 2.26. The summed E-state index contributed by atoms with van der Waals surface area (Å²) in [4.78, 5) is 13.2. The fourth-order valence-electron chi connectivity index (χ4n) is 1.77. The number of nitrogens with one attached hydrogen (secondary N) is 2. The van der Waals surface area contributed by atoms with Gasteiger partial charge in [-0.25, -0.2) is 13.1 Å². The van der Waals surface area contributed by atoms with Crippen molar-refractivity contribution in [2.45, 2.75) is 23.8 Å². The number of halogens is 1. The van der Waals surface area contributed by atoms with Crippen molar-refractivity contribution in [3.8, 4) is 0 Å². The molecule has 1 aromatic heterocycles. The lowest BCUT2D eigenvalue weighted by molar-refractivity contribution is 0.0453. The van der Waals surface area contributed by atoms with Crippen molar-refractivity contribution >= 4 is 21.6 Å². The molecule has 3 N–H and O–H groups in total. The molecular weight excluding hydrogens is 280 g/mol. The SMILES string of the molecule is O=c1[nH]cc(S(=O)(=O)NCC2CC(O)C2)cc1Cl. The summed E-state index contributed by atoms with van der Waals surface area (Å²) < 4.78 is 26.2. The highest BCUT2D eigenvalue weighted by molar-refractivity contribution is 7.89. The molecule has 1 heterocycles. The molecule has 0 radical (unpaired) electrons. The molecular formula is C10H13ClN2O4S. The van der Waals surface area contributed by atoms with E-state index in [0.29, 0.717) is 12.8 Å². The first kappa shape index (κ1) is 13.5. The van der Waals surface area contributed by atoms with E-state index in [-0.39, 0.29) is 28.5 Å². The van der Waals surface area contributed by atoms with Gasteiger partial charge in [0.15, 0.2) is 0 Å². The smallest absolute Gasteiger partial charge is 0.266 e. The van der Waals surface area contributed by atoms with Gasteiger partial charge in [-0.05, 0) is 24.8 Å². The number of rotatable bonds is 4. The van der Waals surface area contributed by atoms with Gasteiger partial charge in [-0.2, -0.15) is 0 Å². The van der Waals surface area contributed by atoms with Gasteiger partial charge in [-0.1, -0.05) is 11.6 Å². The van der Waals surface area contributed by atoms with Gasteiger partial charge in [0, 0.05) is 12.7 Å². The van der Waals surface area contributed by atoms with Crippen LogP contribution in [0.2, 0.25) is 5.02 Å². The van der Waals surface area contributed by atoms with E-state index in [0.717, 1.165) is 12.3 Å². The van der Waals surface area contributed by atoms with Gasteiger partial charge in [-0.15, -0.1) is 0 Å². The Hall–Kier alpha value is -0.890. The number of pyridine rings is 1. The van der Waals surface area contributed by atoms with E-state index in [1.54, 1.807) is 0 Å². The average molecular weight is 293 g/mol. The Bertz CT molecular complexity index is 592. The third-order valence-electron chi connectivity index (χ3n) is 2.91. The molecule has 0 amide bonds. The fraction of sp³-hybridized carbons (Fsp3) is 0.500. The van der Waals surface area contributed by atoms with Crippen LogP contribution < -0.4 is 10.3 Å². The number of aromatic nitrogens is 1. The van der Waals surface area contributed by atoms with Crippen LogP contribution in [0, 0.1) is 5.92 Å². The molecule has 0 aromatic carbocycles. The van der Waals surface area contributed by atoms with Gasteiger partial charge in [0.25, 0.3) is 5.56 Å². The first-order valence-corrected chi connectivity index (χ1v) is 7.30. The number of aliphatic hydroxyl groups is 1. The molecule has 18 heavy (non-hydrogen) atoms. The second-order valence-corrected chi connectivity index (χ2v) is 6.53. The molecule has 1 aromatic rings. The Morgan fingerprint density at radius 3 is 2.72 bits per heavy atom. The van der Waals surface area contributed by atoms with E-state index >= 15 is 0 Å². The van der Waals surface area contributed by atoms with Crippen molar-refractivity contribution in [1.29, 1.82) is 0 Å². The van der Waals surface area contributed by atoms with Gasteiger partial charge in [0.05, 0.1) is 11.0 Å². The molecule has 6 nitrogen and oxygen atoms in total. The minimum atomic E-state index is -3.67. The first-order valence-electron chi connectivity index (χ1n) is 5.44. The van der Waals surface area contributed by atoms with Gasteiger partial charge >= 0.3 is 0 Å². The predicted octanol–water partition coefficient (Wildman–Crippen LogP) is 0.0775. The zero-order chi connectivity index (χ0) is 13.3. The standard InChI is InChI=1S/C10H13ClN2O4S/c11-9-3-8(5-12-10(9)15)18(16,17)13-4-6-1-7(14)2-6/h3,5-7,13-14H,1-2,4H2,(H,12,15). The topological polar surface area (TPSA) is 99.3 Å². The summed E-state index contributed by atoms with van der Waals surface area (Å²) in [5, 5.41) is 8.93. The lowest BCUT2D eigenvalue weighted by Gasteiger charge is -2.31. The third-order valence-corrected chi connectivity index (χ3v) is 4.60. The monoisotopic (exact) mass is 292 g/mol. The Labute approximate surface area is 109 Å². The van der Waals surface area contributed by atoms with E-state index < -0.39 is 15.6 Å². The van der Waals surface area contributed by atoms with Crippen molar-refractivity contribution in [1.82, 2.24) is 9.71 Å². The van der Waals surface area contributed by atoms with Crippen LogP contribution in [0.15, 0.2) is 22.0 Å². The van der Waals surface area contributed by atoms with Crippen LogP contribution in [0.3, 0.4) is 0 Å². The van der Waals surface area contributed by atoms with Crippen LogP contribution in [0.1, 0.15) is 12.8 Å². The highest BCUT2D eigenvalue weighted by Crippen LogP contribution is 2.26. The Balaban J connectivity index is 2.05. The van der Waals surface area contributed by atoms with Gasteiger partial charge in [-0.3, -0.25) is 4.79 Å². The number of H-pyrrole nitrogens is 1. The molecule has 8 heteroatoms. The molecule has 100 valence electrons. The van der Waals surface area contributed by atoms with E-state index in [1.165, 1.54) is 0 Å². The van der Waals surface area contributed by atoms with Crippen molar-refractivity contribution in [3.05, 3.63) is 27.6 Å². The van der Waals surface area contributed by atoms with Gasteiger partial charge in [0.2, 0.25) is 10.0 Å².